The minimum atomic E-state index is -3.54. The second-order valence-corrected chi connectivity index (χ2v) is 9.17. The number of hydrogen-bond acceptors (Lipinski definition) is 4. The molecule has 1 heterocycles. The van der Waals surface area contributed by atoms with E-state index < -0.39 is 10.0 Å². The van der Waals surface area contributed by atoms with E-state index in [2.05, 4.69) is 0 Å². The maximum absolute atomic E-state index is 12.7. The molecule has 0 radical (unpaired) electrons. The summed E-state index contributed by atoms with van der Waals surface area (Å²) in [7, 11) is -3.54. The number of piperazine rings is 1. The summed E-state index contributed by atoms with van der Waals surface area (Å²) in [6.07, 6.45) is 0. The van der Waals surface area contributed by atoms with Gasteiger partial charge in [0.25, 0.3) is 5.91 Å². The second-order valence-electron chi connectivity index (χ2n) is 6.80. The van der Waals surface area contributed by atoms with Crippen molar-refractivity contribution in [2.75, 3.05) is 32.8 Å². The molecule has 0 saturated carbocycles. The fourth-order valence-electron chi connectivity index (χ4n) is 3.04. The zero-order chi connectivity index (χ0) is 20.3. The molecule has 28 heavy (non-hydrogen) atoms. The number of sulfonamides is 1. The minimum Gasteiger partial charge on any atom is -0.483 e. The summed E-state index contributed by atoms with van der Waals surface area (Å²) in [5, 5.41) is 0.613. The number of carbonyl (C=O) groups is 1. The van der Waals surface area contributed by atoms with E-state index in [0.717, 1.165) is 11.1 Å². The Hall–Kier alpha value is -2.09. The SMILES string of the molecule is Cc1ccc(S(=O)(=O)N2CCN(C(=O)COc3ccc(Cl)cc3C)CC2)cc1. The Balaban J connectivity index is 1.55. The number of carbonyl (C=O) groups excluding carboxylic acids is 1. The predicted octanol–water partition coefficient (Wildman–Crippen LogP) is 2.87. The minimum absolute atomic E-state index is 0.0901. The summed E-state index contributed by atoms with van der Waals surface area (Å²) in [5.41, 5.74) is 1.86. The lowest BCUT2D eigenvalue weighted by Gasteiger charge is -2.34. The second kappa shape index (κ2) is 8.51. The van der Waals surface area contributed by atoms with Crippen molar-refractivity contribution in [2.45, 2.75) is 18.7 Å². The molecule has 1 fully saturated rings. The topological polar surface area (TPSA) is 66.9 Å². The first-order chi connectivity index (χ1) is 13.3. The van der Waals surface area contributed by atoms with Crippen LogP contribution in [0.3, 0.4) is 0 Å². The highest BCUT2D eigenvalue weighted by molar-refractivity contribution is 7.89. The van der Waals surface area contributed by atoms with Crippen molar-refractivity contribution in [1.82, 2.24) is 9.21 Å². The first-order valence-corrected chi connectivity index (χ1v) is 10.8. The fourth-order valence-corrected chi connectivity index (χ4v) is 4.69. The molecule has 3 rings (SSSR count). The third kappa shape index (κ3) is 4.66. The van der Waals surface area contributed by atoms with Gasteiger partial charge in [0.15, 0.2) is 6.61 Å². The van der Waals surface area contributed by atoms with Gasteiger partial charge in [0, 0.05) is 31.2 Å². The van der Waals surface area contributed by atoms with Gasteiger partial charge in [-0.15, -0.1) is 0 Å². The van der Waals surface area contributed by atoms with Crippen LogP contribution in [0, 0.1) is 13.8 Å². The molecular weight excluding hydrogens is 400 g/mol. The highest BCUT2D eigenvalue weighted by Gasteiger charge is 2.30. The number of hydrogen-bond donors (Lipinski definition) is 0. The Kier molecular flexibility index (Phi) is 6.27. The van der Waals surface area contributed by atoms with E-state index in [-0.39, 0.29) is 30.5 Å². The van der Waals surface area contributed by atoms with Gasteiger partial charge in [-0.25, -0.2) is 8.42 Å². The fraction of sp³-hybridized carbons (Fsp3) is 0.350. The van der Waals surface area contributed by atoms with Crippen molar-refractivity contribution in [3.05, 3.63) is 58.6 Å². The zero-order valence-electron chi connectivity index (χ0n) is 15.9. The average Bonchev–Trinajstić information content (AvgIpc) is 2.67. The van der Waals surface area contributed by atoms with Gasteiger partial charge in [0.1, 0.15) is 5.75 Å². The van der Waals surface area contributed by atoms with E-state index in [9.17, 15) is 13.2 Å². The number of aryl methyl sites for hydroxylation is 2. The summed E-state index contributed by atoms with van der Waals surface area (Å²) < 4.78 is 32.5. The van der Waals surface area contributed by atoms with Crippen LogP contribution in [0.15, 0.2) is 47.4 Å². The van der Waals surface area contributed by atoms with Crippen molar-refractivity contribution in [3.63, 3.8) is 0 Å². The molecule has 0 aromatic heterocycles. The Labute approximate surface area is 170 Å². The van der Waals surface area contributed by atoms with Crippen molar-refractivity contribution >= 4 is 27.5 Å². The number of amides is 1. The van der Waals surface area contributed by atoms with Crippen LogP contribution < -0.4 is 4.74 Å². The molecule has 1 aliphatic heterocycles. The lowest BCUT2D eigenvalue weighted by Crippen LogP contribution is -2.51. The normalized spacial score (nSPS) is 15.5. The van der Waals surface area contributed by atoms with Crippen LogP contribution in [-0.4, -0.2) is 56.3 Å². The molecule has 2 aromatic rings. The number of halogens is 1. The Morgan fingerprint density at radius 3 is 2.29 bits per heavy atom. The Bertz CT molecular complexity index is 953. The molecule has 1 saturated heterocycles. The van der Waals surface area contributed by atoms with Crippen LogP contribution in [0.2, 0.25) is 5.02 Å². The summed E-state index contributed by atoms with van der Waals surface area (Å²) in [6, 6.07) is 12.0. The van der Waals surface area contributed by atoms with E-state index in [1.807, 2.05) is 13.8 Å². The lowest BCUT2D eigenvalue weighted by molar-refractivity contribution is -0.134. The van der Waals surface area contributed by atoms with Gasteiger partial charge < -0.3 is 9.64 Å². The van der Waals surface area contributed by atoms with E-state index in [1.165, 1.54) is 4.31 Å². The molecular formula is C20H23ClN2O4S. The molecule has 2 aromatic carbocycles. The summed E-state index contributed by atoms with van der Waals surface area (Å²) in [5.74, 6) is 0.445. The molecule has 0 atom stereocenters. The molecule has 0 spiro atoms. The molecule has 0 N–H and O–H groups in total. The maximum atomic E-state index is 12.7. The predicted molar refractivity (Wildman–Crippen MR) is 108 cm³/mol. The third-order valence-electron chi connectivity index (χ3n) is 4.74. The van der Waals surface area contributed by atoms with Crippen molar-refractivity contribution in [1.29, 1.82) is 0 Å². The van der Waals surface area contributed by atoms with E-state index in [4.69, 9.17) is 16.3 Å². The number of nitrogens with zero attached hydrogens (tertiary/aromatic N) is 2. The van der Waals surface area contributed by atoms with Crippen LogP contribution in [0.1, 0.15) is 11.1 Å². The van der Waals surface area contributed by atoms with Crippen molar-refractivity contribution in [3.8, 4) is 5.75 Å². The molecule has 0 aliphatic carbocycles. The third-order valence-corrected chi connectivity index (χ3v) is 6.89. The van der Waals surface area contributed by atoms with Gasteiger partial charge in [0.05, 0.1) is 4.90 Å². The quantitative estimate of drug-likeness (QED) is 0.743. The molecule has 0 unspecified atom stereocenters. The Morgan fingerprint density at radius 2 is 1.68 bits per heavy atom. The van der Waals surface area contributed by atoms with Gasteiger partial charge >= 0.3 is 0 Å². The van der Waals surface area contributed by atoms with Gasteiger partial charge in [-0.2, -0.15) is 4.31 Å². The molecule has 150 valence electrons. The van der Waals surface area contributed by atoms with Crippen molar-refractivity contribution in [2.24, 2.45) is 0 Å². The number of benzene rings is 2. The monoisotopic (exact) mass is 422 g/mol. The lowest BCUT2D eigenvalue weighted by atomic mass is 10.2. The highest BCUT2D eigenvalue weighted by atomic mass is 35.5. The van der Waals surface area contributed by atoms with Crippen LogP contribution in [-0.2, 0) is 14.8 Å². The van der Waals surface area contributed by atoms with Crippen LogP contribution in [0.5, 0.6) is 5.75 Å². The molecule has 8 heteroatoms. The number of ether oxygens (including phenoxy) is 1. The van der Waals surface area contributed by atoms with Gasteiger partial charge in [-0.05, 0) is 49.7 Å². The van der Waals surface area contributed by atoms with E-state index >= 15 is 0 Å². The first-order valence-electron chi connectivity index (χ1n) is 9.01. The Morgan fingerprint density at radius 1 is 1.04 bits per heavy atom. The number of rotatable bonds is 5. The van der Waals surface area contributed by atoms with Gasteiger partial charge in [-0.1, -0.05) is 29.3 Å². The largest absolute Gasteiger partial charge is 0.483 e. The van der Waals surface area contributed by atoms with E-state index in [0.29, 0.717) is 23.9 Å². The summed E-state index contributed by atoms with van der Waals surface area (Å²) >= 11 is 5.92. The average molecular weight is 423 g/mol. The molecule has 6 nitrogen and oxygen atoms in total. The van der Waals surface area contributed by atoms with Crippen LogP contribution in [0.25, 0.3) is 0 Å². The van der Waals surface area contributed by atoms with Gasteiger partial charge in [0.2, 0.25) is 10.0 Å². The van der Waals surface area contributed by atoms with Crippen LogP contribution >= 0.6 is 11.6 Å². The summed E-state index contributed by atoms with van der Waals surface area (Å²) in [6.45, 7) is 4.89. The van der Waals surface area contributed by atoms with Crippen LogP contribution in [0.4, 0.5) is 0 Å². The molecule has 1 aliphatic rings. The smallest absolute Gasteiger partial charge is 0.260 e. The standard InChI is InChI=1S/C20H23ClN2O4S/c1-15-3-6-18(7-4-15)28(25,26)23-11-9-22(10-12-23)20(24)14-27-19-8-5-17(21)13-16(19)2/h3-8,13H,9-12,14H2,1-2H3. The molecule has 0 bridgehead atoms. The highest BCUT2D eigenvalue weighted by Crippen LogP contribution is 2.22. The maximum Gasteiger partial charge on any atom is 0.260 e. The van der Waals surface area contributed by atoms with Crippen molar-refractivity contribution < 1.29 is 17.9 Å². The summed E-state index contributed by atoms with van der Waals surface area (Å²) in [4.78, 5) is 14.3. The first kappa shape index (κ1) is 20.6. The molecule has 1 amide bonds. The zero-order valence-corrected chi connectivity index (χ0v) is 17.5. The van der Waals surface area contributed by atoms with Gasteiger partial charge in [-0.3, -0.25) is 4.79 Å². The van der Waals surface area contributed by atoms with E-state index in [1.54, 1.807) is 47.4 Å².